The van der Waals surface area contributed by atoms with E-state index >= 15 is 0 Å². The molecule has 0 fully saturated rings. The van der Waals surface area contributed by atoms with Crippen LogP contribution in [0.5, 0.6) is 0 Å². The number of hydrogen-bond acceptors (Lipinski definition) is 2. The van der Waals surface area contributed by atoms with Crippen molar-refractivity contribution >= 4 is 33.3 Å². The molecule has 0 atom stereocenters. The molecule has 5 heteroatoms. The first-order valence-corrected chi connectivity index (χ1v) is 7.16. The number of ketones is 1. The fourth-order valence-corrected chi connectivity index (χ4v) is 2.64. The Hall–Kier alpha value is -1.13. The molecule has 0 radical (unpaired) electrons. The molecule has 0 unspecified atom stereocenters. The van der Waals surface area contributed by atoms with Gasteiger partial charge in [0.15, 0.2) is 5.78 Å². The zero-order chi connectivity index (χ0) is 14.0. The molecule has 0 amide bonds. The van der Waals surface area contributed by atoms with Crippen LogP contribution in [0.3, 0.4) is 0 Å². The number of benzene rings is 1. The highest BCUT2D eigenvalue weighted by Gasteiger charge is 2.13. The van der Waals surface area contributed by atoms with Gasteiger partial charge in [0.05, 0.1) is 12.1 Å². The lowest BCUT2D eigenvalue weighted by atomic mass is 10.1. The van der Waals surface area contributed by atoms with Crippen molar-refractivity contribution in [1.82, 2.24) is 9.78 Å². The van der Waals surface area contributed by atoms with Crippen molar-refractivity contribution in [3.63, 3.8) is 0 Å². The van der Waals surface area contributed by atoms with E-state index in [1.807, 2.05) is 30.8 Å². The van der Waals surface area contributed by atoms with Crippen LogP contribution in [-0.4, -0.2) is 15.6 Å². The summed E-state index contributed by atoms with van der Waals surface area (Å²) in [7, 11) is 0. The zero-order valence-corrected chi connectivity index (χ0v) is 13.1. The Kier molecular flexibility index (Phi) is 4.42. The summed E-state index contributed by atoms with van der Waals surface area (Å²) in [5.74, 6) is 0.0255. The number of hydrogen-bond donors (Lipinski definition) is 0. The molecular formula is C14H14BrClN2O. The molecule has 1 aromatic heterocycles. The van der Waals surface area contributed by atoms with E-state index in [0.717, 1.165) is 5.69 Å². The number of carbonyl (C=O) groups is 1. The maximum Gasteiger partial charge on any atom is 0.170 e. The second kappa shape index (κ2) is 5.88. The average molecular weight is 342 g/mol. The minimum atomic E-state index is 0.0255. The molecule has 0 bridgehead atoms. The van der Waals surface area contributed by atoms with Crippen molar-refractivity contribution in [3.05, 3.63) is 51.2 Å². The van der Waals surface area contributed by atoms with Gasteiger partial charge in [0.2, 0.25) is 0 Å². The summed E-state index contributed by atoms with van der Waals surface area (Å²) in [5.41, 5.74) is 1.41. The first-order valence-electron chi connectivity index (χ1n) is 5.99. The molecule has 0 spiro atoms. The monoisotopic (exact) mass is 340 g/mol. The van der Waals surface area contributed by atoms with E-state index < -0.39 is 0 Å². The van der Waals surface area contributed by atoms with Gasteiger partial charge in [-0.15, -0.1) is 0 Å². The van der Waals surface area contributed by atoms with E-state index in [-0.39, 0.29) is 5.78 Å². The molecule has 1 heterocycles. The maximum atomic E-state index is 12.2. The lowest BCUT2D eigenvalue weighted by Gasteiger charge is -2.05. The number of carbonyl (C=O) groups excluding carboxylic acids is 1. The Labute approximate surface area is 125 Å². The molecule has 0 aliphatic heterocycles. The quantitative estimate of drug-likeness (QED) is 0.777. The lowest BCUT2D eigenvalue weighted by Crippen LogP contribution is -2.07. The van der Waals surface area contributed by atoms with Crippen LogP contribution < -0.4 is 0 Å². The Bertz CT molecular complexity index is 607. The third kappa shape index (κ3) is 3.45. The third-order valence-electron chi connectivity index (χ3n) is 2.77. The minimum absolute atomic E-state index is 0.0255. The molecule has 100 valence electrons. The van der Waals surface area contributed by atoms with Gasteiger partial charge in [-0.25, -0.2) is 0 Å². The Morgan fingerprint density at radius 1 is 1.42 bits per heavy atom. The largest absolute Gasteiger partial charge is 0.294 e. The van der Waals surface area contributed by atoms with Crippen molar-refractivity contribution < 1.29 is 4.79 Å². The minimum Gasteiger partial charge on any atom is -0.294 e. The van der Waals surface area contributed by atoms with Crippen LogP contribution in [0.2, 0.25) is 5.02 Å². The van der Waals surface area contributed by atoms with Crippen LogP contribution in [0, 0.1) is 0 Å². The van der Waals surface area contributed by atoms with Crippen molar-refractivity contribution in [2.75, 3.05) is 0 Å². The van der Waals surface area contributed by atoms with Crippen LogP contribution >= 0.6 is 27.5 Å². The summed E-state index contributed by atoms with van der Waals surface area (Å²) in [4.78, 5) is 12.2. The summed E-state index contributed by atoms with van der Waals surface area (Å²) >= 11 is 9.22. The predicted molar refractivity (Wildman–Crippen MR) is 79.8 cm³/mol. The first-order chi connectivity index (χ1) is 8.97. The van der Waals surface area contributed by atoms with E-state index in [4.69, 9.17) is 11.6 Å². The van der Waals surface area contributed by atoms with Crippen LogP contribution in [-0.2, 0) is 6.42 Å². The number of aromatic nitrogens is 2. The highest BCUT2D eigenvalue weighted by atomic mass is 79.9. The van der Waals surface area contributed by atoms with Gasteiger partial charge < -0.3 is 0 Å². The maximum absolute atomic E-state index is 12.2. The normalized spacial score (nSPS) is 11.0. The van der Waals surface area contributed by atoms with Crippen LogP contribution in [0.4, 0.5) is 0 Å². The molecular weight excluding hydrogens is 328 g/mol. The fraction of sp³-hybridized carbons (Fsp3) is 0.286. The highest BCUT2D eigenvalue weighted by Crippen LogP contribution is 2.22. The van der Waals surface area contributed by atoms with Crippen molar-refractivity contribution in [2.45, 2.75) is 26.3 Å². The van der Waals surface area contributed by atoms with Gasteiger partial charge in [0.25, 0.3) is 0 Å². The van der Waals surface area contributed by atoms with Crippen LogP contribution in [0.25, 0.3) is 0 Å². The second-order valence-electron chi connectivity index (χ2n) is 4.60. The fourth-order valence-electron chi connectivity index (χ4n) is 1.73. The van der Waals surface area contributed by atoms with Gasteiger partial charge in [0.1, 0.15) is 0 Å². The highest BCUT2D eigenvalue weighted by molar-refractivity contribution is 9.10. The lowest BCUT2D eigenvalue weighted by molar-refractivity contribution is 0.0991. The summed E-state index contributed by atoms with van der Waals surface area (Å²) in [5, 5.41) is 4.98. The van der Waals surface area contributed by atoms with Crippen molar-refractivity contribution in [2.24, 2.45) is 0 Å². The van der Waals surface area contributed by atoms with Gasteiger partial charge >= 0.3 is 0 Å². The van der Waals surface area contributed by atoms with Gasteiger partial charge in [-0.05, 0) is 54.0 Å². The molecule has 19 heavy (non-hydrogen) atoms. The van der Waals surface area contributed by atoms with Gasteiger partial charge in [-0.3, -0.25) is 9.48 Å². The molecule has 0 N–H and O–H groups in total. The average Bonchev–Trinajstić information content (AvgIpc) is 2.77. The number of halogens is 2. The smallest absolute Gasteiger partial charge is 0.170 e. The van der Waals surface area contributed by atoms with E-state index in [9.17, 15) is 4.79 Å². The summed E-state index contributed by atoms with van der Waals surface area (Å²) in [6, 6.07) is 7.34. The second-order valence-corrected chi connectivity index (χ2v) is 5.90. The topological polar surface area (TPSA) is 34.9 Å². The standard InChI is InChI=1S/C14H14BrClN2O/c1-9(2)18-6-5-11(17-18)8-14(19)12-4-3-10(16)7-13(12)15/h3-7,9H,8H2,1-2H3. The van der Waals surface area contributed by atoms with E-state index in [0.29, 0.717) is 27.5 Å². The van der Waals surface area contributed by atoms with Gasteiger partial charge in [0, 0.05) is 27.3 Å². The first kappa shape index (κ1) is 14.3. The molecule has 0 saturated carbocycles. The Morgan fingerprint density at radius 2 is 2.16 bits per heavy atom. The zero-order valence-electron chi connectivity index (χ0n) is 10.7. The van der Waals surface area contributed by atoms with E-state index in [1.54, 1.807) is 18.2 Å². The van der Waals surface area contributed by atoms with Crippen LogP contribution in [0.15, 0.2) is 34.9 Å². The van der Waals surface area contributed by atoms with Gasteiger partial charge in [-0.2, -0.15) is 5.10 Å². The number of rotatable bonds is 4. The predicted octanol–water partition coefficient (Wildman–Crippen LogP) is 4.31. The molecule has 2 rings (SSSR count). The number of Topliss-reactive ketones (excluding diaryl/α,β-unsaturated/α-hetero) is 1. The van der Waals surface area contributed by atoms with Gasteiger partial charge in [-0.1, -0.05) is 11.6 Å². The Balaban J connectivity index is 2.16. The SMILES string of the molecule is CC(C)n1ccc(CC(=O)c2ccc(Cl)cc2Br)n1. The summed E-state index contributed by atoms with van der Waals surface area (Å²) < 4.78 is 2.56. The summed E-state index contributed by atoms with van der Waals surface area (Å²) in [6.45, 7) is 4.10. The number of nitrogens with zero attached hydrogens (tertiary/aromatic N) is 2. The van der Waals surface area contributed by atoms with E-state index in [2.05, 4.69) is 21.0 Å². The van der Waals surface area contributed by atoms with Crippen molar-refractivity contribution in [1.29, 1.82) is 0 Å². The molecule has 1 aromatic carbocycles. The molecule has 0 saturated heterocycles. The van der Waals surface area contributed by atoms with E-state index in [1.165, 1.54) is 0 Å². The third-order valence-corrected chi connectivity index (χ3v) is 3.66. The molecule has 2 aromatic rings. The Morgan fingerprint density at radius 3 is 2.74 bits per heavy atom. The van der Waals surface area contributed by atoms with Crippen molar-refractivity contribution in [3.8, 4) is 0 Å². The molecule has 0 aliphatic carbocycles. The molecule has 3 nitrogen and oxygen atoms in total. The summed E-state index contributed by atoms with van der Waals surface area (Å²) in [6.07, 6.45) is 2.18. The molecule has 0 aliphatic rings. The van der Waals surface area contributed by atoms with Crippen LogP contribution in [0.1, 0.15) is 35.9 Å².